The summed E-state index contributed by atoms with van der Waals surface area (Å²) in [5, 5.41) is 16.8. The predicted octanol–water partition coefficient (Wildman–Crippen LogP) is 0.855. The number of nitrogens with zero attached hydrogens (tertiary/aromatic N) is 2. The molecule has 0 saturated heterocycles. The molecule has 18 heavy (non-hydrogen) atoms. The topological polar surface area (TPSA) is 67.2 Å². The van der Waals surface area contributed by atoms with Crippen molar-refractivity contribution in [1.29, 1.82) is 0 Å². The van der Waals surface area contributed by atoms with Crippen LogP contribution in [0.15, 0.2) is 18.3 Å². The van der Waals surface area contributed by atoms with Gasteiger partial charge in [-0.2, -0.15) is 5.10 Å². The normalized spacial score (nSPS) is 18.3. The number of rotatable bonds is 4. The highest BCUT2D eigenvalue weighted by Crippen LogP contribution is 2.28. The summed E-state index contributed by atoms with van der Waals surface area (Å²) in [5.74, 6) is -0.184. The fourth-order valence-electron chi connectivity index (χ4n) is 2.23. The van der Waals surface area contributed by atoms with Gasteiger partial charge < -0.3 is 10.4 Å². The van der Waals surface area contributed by atoms with Gasteiger partial charge in [-0.1, -0.05) is 12.8 Å². The largest absolute Gasteiger partial charge is 0.388 e. The van der Waals surface area contributed by atoms with Crippen molar-refractivity contribution in [2.75, 3.05) is 6.54 Å². The average Bonchev–Trinajstić information content (AvgIpc) is 2.94. The first-order valence-electron chi connectivity index (χ1n) is 6.25. The average molecular weight is 249 g/mol. The molecule has 0 spiro atoms. The lowest BCUT2D eigenvalue weighted by molar-refractivity contribution is -0.117. The van der Waals surface area contributed by atoms with Crippen LogP contribution in [0.5, 0.6) is 0 Å². The Morgan fingerprint density at radius 1 is 1.61 bits per heavy atom. The first-order valence-corrected chi connectivity index (χ1v) is 6.25. The quantitative estimate of drug-likeness (QED) is 0.778. The minimum atomic E-state index is -0.698. The van der Waals surface area contributed by atoms with Gasteiger partial charge >= 0.3 is 0 Å². The van der Waals surface area contributed by atoms with Crippen molar-refractivity contribution < 1.29 is 9.90 Å². The summed E-state index contributed by atoms with van der Waals surface area (Å²) in [5.41, 5.74) is 0.167. The maximum Gasteiger partial charge on any atom is 0.244 e. The van der Waals surface area contributed by atoms with Crippen LogP contribution in [0.3, 0.4) is 0 Å². The Morgan fingerprint density at radius 3 is 2.94 bits per heavy atom. The van der Waals surface area contributed by atoms with E-state index in [1.165, 1.54) is 6.08 Å². The molecular weight excluding hydrogens is 230 g/mol. The summed E-state index contributed by atoms with van der Waals surface area (Å²) in [6.45, 7) is 0.335. The highest BCUT2D eigenvalue weighted by Gasteiger charge is 2.30. The van der Waals surface area contributed by atoms with Crippen LogP contribution in [0.25, 0.3) is 6.08 Å². The highest BCUT2D eigenvalue weighted by atomic mass is 16.3. The molecule has 0 radical (unpaired) electrons. The van der Waals surface area contributed by atoms with Crippen LogP contribution in [-0.2, 0) is 11.8 Å². The molecular formula is C13H19N3O2. The lowest BCUT2D eigenvalue weighted by Crippen LogP contribution is -2.40. The SMILES string of the molecule is Cn1nccc1C=CC(=O)NCC1(O)CCCC1. The van der Waals surface area contributed by atoms with Crippen molar-refractivity contribution >= 4 is 12.0 Å². The van der Waals surface area contributed by atoms with E-state index in [2.05, 4.69) is 10.4 Å². The Labute approximate surface area is 106 Å². The molecule has 1 amide bonds. The molecule has 5 heteroatoms. The van der Waals surface area contributed by atoms with Crippen LogP contribution >= 0.6 is 0 Å². The molecule has 2 N–H and O–H groups in total. The van der Waals surface area contributed by atoms with Crippen molar-refractivity contribution in [2.45, 2.75) is 31.3 Å². The van der Waals surface area contributed by atoms with E-state index in [1.54, 1.807) is 17.0 Å². The van der Waals surface area contributed by atoms with Crippen molar-refractivity contribution in [3.05, 3.63) is 24.0 Å². The summed E-state index contributed by atoms with van der Waals surface area (Å²) in [4.78, 5) is 11.6. The Balaban J connectivity index is 1.82. The zero-order chi connectivity index (χ0) is 13.0. The van der Waals surface area contributed by atoms with Gasteiger partial charge in [-0.3, -0.25) is 9.48 Å². The molecule has 98 valence electrons. The van der Waals surface area contributed by atoms with Gasteiger partial charge in [0.2, 0.25) is 5.91 Å². The highest BCUT2D eigenvalue weighted by molar-refractivity contribution is 5.91. The van der Waals surface area contributed by atoms with Gasteiger partial charge in [0.25, 0.3) is 0 Å². The number of aryl methyl sites for hydroxylation is 1. The molecule has 1 saturated carbocycles. The molecule has 0 aliphatic heterocycles. The second-order valence-electron chi connectivity index (χ2n) is 4.86. The minimum Gasteiger partial charge on any atom is -0.388 e. The van der Waals surface area contributed by atoms with Gasteiger partial charge in [0.1, 0.15) is 0 Å². The number of carbonyl (C=O) groups excluding carboxylic acids is 1. The summed E-state index contributed by atoms with van der Waals surface area (Å²) >= 11 is 0. The van der Waals surface area contributed by atoms with Gasteiger partial charge in [0, 0.05) is 25.9 Å². The number of hydrogen-bond donors (Lipinski definition) is 2. The van der Waals surface area contributed by atoms with Crippen molar-refractivity contribution in [3.63, 3.8) is 0 Å². The number of amides is 1. The van der Waals surface area contributed by atoms with E-state index in [0.717, 1.165) is 31.4 Å². The Morgan fingerprint density at radius 2 is 2.33 bits per heavy atom. The number of hydrogen-bond acceptors (Lipinski definition) is 3. The van der Waals surface area contributed by atoms with Crippen LogP contribution in [-0.4, -0.2) is 32.9 Å². The van der Waals surface area contributed by atoms with Crippen LogP contribution in [0, 0.1) is 0 Å². The van der Waals surface area contributed by atoms with Crippen LogP contribution in [0.2, 0.25) is 0 Å². The summed E-state index contributed by atoms with van der Waals surface area (Å²) < 4.78 is 1.69. The van der Waals surface area contributed by atoms with Crippen molar-refractivity contribution in [3.8, 4) is 0 Å². The molecule has 1 aliphatic rings. The third-order valence-corrected chi connectivity index (χ3v) is 3.39. The van der Waals surface area contributed by atoms with Gasteiger partial charge in [-0.05, 0) is 25.0 Å². The van der Waals surface area contributed by atoms with E-state index >= 15 is 0 Å². The molecule has 5 nitrogen and oxygen atoms in total. The molecule has 0 atom stereocenters. The maximum atomic E-state index is 11.6. The molecule has 2 rings (SSSR count). The molecule has 0 unspecified atom stereocenters. The van der Waals surface area contributed by atoms with E-state index in [0.29, 0.717) is 6.54 Å². The summed E-state index contributed by atoms with van der Waals surface area (Å²) in [6.07, 6.45) is 8.49. The lowest BCUT2D eigenvalue weighted by atomic mass is 10.0. The molecule has 1 heterocycles. The second-order valence-corrected chi connectivity index (χ2v) is 4.86. The molecule has 0 aromatic carbocycles. The van der Waals surface area contributed by atoms with E-state index in [1.807, 2.05) is 13.1 Å². The van der Waals surface area contributed by atoms with Crippen molar-refractivity contribution in [2.24, 2.45) is 7.05 Å². The standard InChI is InChI=1S/C13H19N3O2/c1-16-11(6-9-15-16)4-5-12(17)14-10-13(18)7-2-3-8-13/h4-6,9,18H,2-3,7-8,10H2,1H3,(H,14,17). The molecule has 1 fully saturated rings. The number of aliphatic hydroxyl groups is 1. The molecule has 1 aromatic rings. The van der Waals surface area contributed by atoms with Gasteiger partial charge in [-0.15, -0.1) is 0 Å². The van der Waals surface area contributed by atoms with Crippen molar-refractivity contribution in [1.82, 2.24) is 15.1 Å². The van der Waals surface area contributed by atoms with Crippen LogP contribution in [0.4, 0.5) is 0 Å². The van der Waals surface area contributed by atoms with E-state index in [4.69, 9.17) is 0 Å². The minimum absolute atomic E-state index is 0.184. The summed E-state index contributed by atoms with van der Waals surface area (Å²) in [6, 6.07) is 1.83. The number of aromatic nitrogens is 2. The molecule has 0 bridgehead atoms. The third-order valence-electron chi connectivity index (χ3n) is 3.39. The monoisotopic (exact) mass is 249 g/mol. The first kappa shape index (κ1) is 12.8. The first-order chi connectivity index (χ1) is 8.59. The van der Waals surface area contributed by atoms with Crippen LogP contribution < -0.4 is 5.32 Å². The zero-order valence-corrected chi connectivity index (χ0v) is 10.6. The fraction of sp³-hybridized carbons (Fsp3) is 0.538. The number of nitrogens with one attached hydrogen (secondary N) is 1. The Hall–Kier alpha value is -1.62. The fourth-order valence-corrected chi connectivity index (χ4v) is 2.23. The van der Waals surface area contributed by atoms with Crippen LogP contribution in [0.1, 0.15) is 31.4 Å². The van der Waals surface area contributed by atoms with Gasteiger partial charge in [-0.25, -0.2) is 0 Å². The third kappa shape index (κ3) is 3.20. The second kappa shape index (κ2) is 5.35. The zero-order valence-electron chi connectivity index (χ0n) is 10.6. The summed E-state index contributed by atoms with van der Waals surface area (Å²) in [7, 11) is 1.82. The number of carbonyl (C=O) groups is 1. The molecule has 1 aromatic heterocycles. The van der Waals surface area contributed by atoms with E-state index in [-0.39, 0.29) is 5.91 Å². The smallest absolute Gasteiger partial charge is 0.244 e. The lowest BCUT2D eigenvalue weighted by Gasteiger charge is -2.21. The van der Waals surface area contributed by atoms with E-state index in [9.17, 15) is 9.90 Å². The van der Waals surface area contributed by atoms with Gasteiger partial charge in [0.05, 0.1) is 11.3 Å². The van der Waals surface area contributed by atoms with E-state index < -0.39 is 5.60 Å². The predicted molar refractivity (Wildman–Crippen MR) is 68.7 cm³/mol. The maximum absolute atomic E-state index is 11.6. The Kier molecular flexibility index (Phi) is 3.81. The Bertz CT molecular complexity index is 445. The van der Waals surface area contributed by atoms with Gasteiger partial charge in [0.15, 0.2) is 0 Å². The molecule has 1 aliphatic carbocycles.